The maximum Gasteiger partial charge on any atom is 0.174 e. The van der Waals surface area contributed by atoms with Gasteiger partial charge in [-0.1, -0.05) is 22.0 Å². The number of pyridine rings is 1. The van der Waals surface area contributed by atoms with E-state index < -0.39 is 0 Å². The summed E-state index contributed by atoms with van der Waals surface area (Å²) in [5, 5.41) is 6.31. The van der Waals surface area contributed by atoms with Crippen molar-refractivity contribution >= 4 is 66.2 Å². The first-order valence-corrected chi connectivity index (χ1v) is 10.9. The average Bonchev–Trinajstić information content (AvgIpc) is 3.21. The second-order valence-electron chi connectivity index (χ2n) is 6.10. The molecule has 1 aromatic carbocycles. The van der Waals surface area contributed by atoms with Gasteiger partial charge < -0.3 is 10.2 Å². The molecular formula is C19H15Br2N3S2. The number of hydrogen-bond donors (Lipinski definition) is 1. The monoisotopic (exact) mass is 507 g/mol. The van der Waals surface area contributed by atoms with E-state index in [-0.39, 0.29) is 12.1 Å². The number of thiocarbonyl (C=S) groups is 1. The van der Waals surface area contributed by atoms with Gasteiger partial charge in [0.2, 0.25) is 0 Å². The zero-order valence-corrected chi connectivity index (χ0v) is 18.6. The second-order valence-corrected chi connectivity index (χ2v) is 9.20. The van der Waals surface area contributed by atoms with Crippen LogP contribution in [0.5, 0.6) is 0 Å². The highest BCUT2D eigenvalue weighted by Gasteiger charge is 2.41. The van der Waals surface area contributed by atoms with Crippen molar-refractivity contribution in [3.8, 4) is 0 Å². The molecule has 3 nitrogen and oxygen atoms in total. The molecule has 1 fully saturated rings. The van der Waals surface area contributed by atoms with Crippen molar-refractivity contribution in [2.24, 2.45) is 0 Å². The second kappa shape index (κ2) is 7.38. The summed E-state index contributed by atoms with van der Waals surface area (Å²) >= 11 is 14.6. The average molecular weight is 509 g/mol. The quantitative estimate of drug-likeness (QED) is 0.429. The fraction of sp³-hybridized carbons (Fsp3) is 0.158. The standard InChI is InChI=1S/C19H15Br2N3S2/c1-11-8-13(5-6-14(11)21)24-18(16-9-12(20)10-26-16)17(23-19(24)25)15-4-2-3-7-22-15/h2-10,17-18H,1H3,(H,23,25). The molecule has 1 aliphatic rings. The van der Waals surface area contributed by atoms with Gasteiger partial charge in [-0.05, 0) is 77.0 Å². The van der Waals surface area contributed by atoms with Crippen molar-refractivity contribution in [2.45, 2.75) is 19.0 Å². The van der Waals surface area contributed by atoms with Gasteiger partial charge in [0.25, 0.3) is 0 Å². The van der Waals surface area contributed by atoms with E-state index in [4.69, 9.17) is 12.2 Å². The number of benzene rings is 1. The molecule has 4 rings (SSSR count). The van der Waals surface area contributed by atoms with Gasteiger partial charge in [-0.15, -0.1) is 11.3 Å². The van der Waals surface area contributed by atoms with Gasteiger partial charge in [0, 0.05) is 31.1 Å². The van der Waals surface area contributed by atoms with E-state index in [1.54, 1.807) is 11.3 Å². The molecule has 0 radical (unpaired) electrons. The molecule has 2 atom stereocenters. The van der Waals surface area contributed by atoms with Gasteiger partial charge in [-0.25, -0.2) is 0 Å². The lowest BCUT2D eigenvalue weighted by Gasteiger charge is -2.27. The van der Waals surface area contributed by atoms with Gasteiger partial charge in [0.1, 0.15) is 0 Å². The molecule has 26 heavy (non-hydrogen) atoms. The van der Waals surface area contributed by atoms with Crippen LogP contribution in [0.2, 0.25) is 0 Å². The third kappa shape index (κ3) is 3.33. The largest absolute Gasteiger partial charge is 0.351 e. The maximum atomic E-state index is 5.73. The van der Waals surface area contributed by atoms with Crippen molar-refractivity contribution in [2.75, 3.05) is 4.90 Å². The van der Waals surface area contributed by atoms with Crippen molar-refractivity contribution in [3.63, 3.8) is 0 Å². The SMILES string of the molecule is Cc1cc(N2C(=S)NC(c3ccccn3)C2c2cc(Br)cs2)ccc1Br. The Morgan fingerprint density at radius 3 is 2.69 bits per heavy atom. The Kier molecular flexibility index (Phi) is 5.14. The molecule has 3 heterocycles. The first-order chi connectivity index (χ1) is 12.5. The minimum absolute atomic E-state index is 0.00166. The molecule has 2 unspecified atom stereocenters. The zero-order valence-electron chi connectivity index (χ0n) is 13.8. The summed E-state index contributed by atoms with van der Waals surface area (Å²) < 4.78 is 2.18. The predicted molar refractivity (Wildman–Crippen MR) is 119 cm³/mol. The molecule has 0 bridgehead atoms. The third-order valence-corrected chi connectivity index (χ3v) is 7.37. The number of nitrogens with one attached hydrogen (secondary N) is 1. The summed E-state index contributed by atoms with van der Waals surface area (Å²) in [6.45, 7) is 2.09. The van der Waals surface area contributed by atoms with Crippen LogP contribution in [0.1, 0.15) is 28.2 Å². The highest BCUT2D eigenvalue weighted by Crippen LogP contribution is 2.44. The van der Waals surface area contributed by atoms with Crippen LogP contribution in [-0.2, 0) is 0 Å². The molecule has 0 saturated carbocycles. The Morgan fingerprint density at radius 1 is 1.19 bits per heavy atom. The molecule has 1 N–H and O–H groups in total. The highest BCUT2D eigenvalue weighted by molar-refractivity contribution is 9.10. The molecule has 1 saturated heterocycles. The van der Waals surface area contributed by atoms with Crippen LogP contribution in [0, 0.1) is 6.92 Å². The lowest BCUT2D eigenvalue weighted by molar-refractivity contribution is 0.575. The summed E-state index contributed by atoms with van der Waals surface area (Å²) in [7, 11) is 0. The molecule has 132 valence electrons. The van der Waals surface area contributed by atoms with E-state index in [1.807, 2.05) is 24.4 Å². The maximum absolute atomic E-state index is 5.73. The summed E-state index contributed by atoms with van der Waals surface area (Å²) in [5.41, 5.74) is 3.24. The minimum Gasteiger partial charge on any atom is -0.351 e. The molecule has 1 aliphatic heterocycles. The number of halogens is 2. The Hall–Kier alpha value is -1.28. The smallest absolute Gasteiger partial charge is 0.174 e. The van der Waals surface area contributed by atoms with E-state index in [0.29, 0.717) is 0 Å². The topological polar surface area (TPSA) is 28.2 Å². The van der Waals surface area contributed by atoms with E-state index >= 15 is 0 Å². The van der Waals surface area contributed by atoms with Crippen LogP contribution < -0.4 is 10.2 Å². The van der Waals surface area contributed by atoms with Gasteiger partial charge in [-0.3, -0.25) is 4.98 Å². The molecule has 0 spiro atoms. The van der Waals surface area contributed by atoms with Crippen LogP contribution in [0.15, 0.2) is 63.0 Å². The molecular weight excluding hydrogens is 494 g/mol. The number of hydrogen-bond acceptors (Lipinski definition) is 3. The van der Waals surface area contributed by atoms with Crippen LogP contribution >= 0.6 is 55.4 Å². The predicted octanol–water partition coefficient (Wildman–Crippen LogP) is 6.15. The van der Waals surface area contributed by atoms with Crippen molar-refractivity contribution < 1.29 is 0 Å². The number of nitrogens with zero attached hydrogens (tertiary/aromatic N) is 2. The van der Waals surface area contributed by atoms with E-state index in [2.05, 4.69) is 83.6 Å². The van der Waals surface area contributed by atoms with Crippen LogP contribution in [-0.4, -0.2) is 10.1 Å². The lowest BCUT2D eigenvalue weighted by atomic mass is 10.0. The summed E-state index contributed by atoms with van der Waals surface area (Å²) in [6, 6.07) is 14.5. The van der Waals surface area contributed by atoms with Crippen molar-refractivity contribution in [1.82, 2.24) is 10.3 Å². The van der Waals surface area contributed by atoms with Crippen molar-refractivity contribution in [3.05, 3.63) is 79.1 Å². The number of anilines is 1. The van der Waals surface area contributed by atoms with Crippen LogP contribution in [0.25, 0.3) is 0 Å². The zero-order chi connectivity index (χ0) is 18.3. The number of aromatic nitrogens is 1. The van der Waals surface area contributed by atoms with Crippen LogP contribution in [0.4, 0.5) is 5.69 Å². The Bertz CT molecular complexity index is 958. The fourth-order valence-corrected chi connectivity index (χ4v) is 5.35. The van der Waals surface area contributed by atoms with Gasteiger partial charge in [-0.2, -0.15) is 0 Å². The number of aryl methyl sites for hydroxylation is 1. The van der Waals surface area contributed by atoms with Gasteiger partial charge in [0.05, 0.1) is 17.8 Å². The van der Waals surface area contributed by atoms with Gasteiger partial charge in [0.15, 0.2) is 5.11 Å². The first-order valence-electron chi connectivity index (χ1n) is 8.05. The fourth-order valence-electron chi connectivity index (χ4n) is 3.18. The Morgan fingerprint density at radius 2 is 2.04 bits per heavy atom. The molecule has 0 aliphatic carbocycles. The summed E-state index contributed by atoms with van der Waals surface area (Å²) in [5.74, 6) is 0. The van der Waals surface area contributed by atoms with E-state index in [1.165, 1.54) is 10.4 Å². The molecule has 7 heteroatoms. The number of thiophene rings is 1. The molecule has 0 amide bonds. The normalized spacial score (nSPS) is 19.7. The lowest BCUT2D eigenvalue weighted by Crippen LogP contribution is -2.29. The third-order valence-electron chi connectivity index (χ3n) is 4.40. The van der Waals surface area contributed by atoms with Crippen molar-refractivity contribution in [1.29, 1.82) is 0 Å². The van der Waals surface area contributed by atoms with E-state index in [9.17, 15) is 0 Å². The number of rotatable bonds is 3. The Labute approximate surface area is 178 Å². The Balaban J connectivity index is 1.83. The molecule has 2 aromatic heterocycles. The first kappa shape index (κ1) is 18.1. The summed E-state index contributed by atoms with van der Waals surface area (Å²) in [6.07, 6.45) is 1.83. The minimum atomic E-state index is -0.00166. The highest BCUT2D eigenvalue weighted by atomic mass is 79.9. The van der Waals surface area contributed by atoms with Gasteiger partial charge >= 0.3 is 0 Å². The van der Waals surface area contributed by atoms with Crippen LogP contribution in [0.3, 0.4) is 0 Å². The summed E-state index contributed by atoms with van der Waals surface area (Å²) in [4.78, 5) is 8.01. The molecule has 3 aromatic rings. The van der Waals surface area contributed by atoms with E-state index in [0.717, 1.165) is 25.4 Å².